The number of nitrogens with one attached hydrogen (secondary N) is 1. The highest BCUT2D eigenvalue weighted by Gasteiger charge is 2.37. The maximum Gasteiger partial charge on any atom is 0.355 e. The lowest BCUT2D eigenvalue weighted by Crippen LogP contribution is -2.42. The minimum atomic E-state index is -3.20. The highest BCUT2D eigenvalue weighted by atomic mass is 32.2. The Hall–Kier alpha value is -2.75. The van der Waals surface area contributed by atoms with E-state index < -0.39 is 33.9 Å². The van der Waals surface area contributed by atoms with Gasteiger partial charge in [0.2, 0.25) is 5.91 Å². The number of hydrazone groups is 1. The molecule has 0 aliphatic carbocycles. The number of anilines is 1. The zero-order valence-electron chi connectivity index (χ0n) is 16.3. The van der Waals surface area contributed by atoms with Crippen LogP contribution in [0.4, 0.5) is 5.69 Å². The molecule has 1 saturated heterocycles. The largest absolute Gasteiger partial charge is 0.448 e. The van der Waals surface area contributed by atoms with Crippen molar-refractivity contribution in [3.63, 3.8) is 0 Å². The SMILES string of the molecule is Cc1cccc(NC(=O)[C@@H](C)OC(=O)C2=NN([C@@H]3CCS(=O)(=O)C3)C(=O)CC2)c1. The van der Waals surface area contributed by atoms with E-state index in [1.807, 2.05) is 13.0 Å². The number of carbonyl (C=O) groups is 3. The van der Waals surface area contributed by atoms with Crippen LogP contribution in [0, 0.1) is 6.92 Å². The number of aryl methyl sites for hydroxylation is 1. The summed E-state index contributed by atoms with van der Waals surface area (Å²) in [5.41, 5.74) is 1.57. The van der Waals surface area contributed by atoms with Gasteiger partial charge >= 0.3 is 5.97 Å². The lowest BCUT2D eigenvalue weighted by molar-refractivity contribution is -0.147. The summed E-state index contributed by atoms with van der Waals surface area (Å²) in [5, 5.41) is 7.81. The van der Waals surface area contributed by atoms with E-state index in [0.717, 1.165) is 10.6 Å². The van der Waals surface area contributed by atoms with Gasteiger partial charge in [0.15, 0.2) is 15.9 Å². The fraction of sp³-hybridized carbons (Fsp3) is 0.474. The number of benzene rings is 1. The van der Waals surface area contributed by atoms with Crippen LogP contribution < -0.4 is 5.32 Å². The van der Waals surface area contributed by atoms with Gasteiger partial charge < -0.3 is 10.1 Å². The normalized spacial score (nSPS) is 22.0. The third kappa shape index (κ3) is 5.20. The number of nitrogens with zero attached hydrogens (tertiary/aromatic N) is 2. The lowest BCUT2D eigenvalue weighted by atomic mass is 10.1. The summed E-state index contributed by atoms with van der Waals surface area (Å²) in [4.78, 5) is 36.8. The number of esters is 1. The van der Waals surface area contributed by atoms with Crippen LogP contribution in [0.25, 0.3) is 0 Å². The summed E-state index contributed by atoms with van der Waals surface area (Å²) in [7, 11) is -3.20. The summed E-state index contributed by atoms with van der Waals surface area (Å²) in [6, 6.07) is 6.63. The van der Waals surface area contributed by atoms with E-state index in [1.54, 1.807) is 18.2 Å². The molecular formula is C19H23N3O6S. The lowest BCUT2D eigenvalue weighted by Gasteiger charge is -2.27. The molecule has 0 spiro atoms. The fourth-order valence-corrected chi connectivity index (χ4v) is 4.91. The summed E-state index contributed by atoms with van der Waals surface area (Å²) >= 11 is 0. The maximum absolute atomic E-state index is 12.4. The molecule has 0 radical (unpaired) electrons. The van der Waals surface area contributed by atoms with Gasteiger partial charge in [-0.3, -0.25) is 9.59 Å². The monoisotopic (exact) mass is 421 g/mol. The van der Waals surface area contributed by atoms with Crippen LogP contribution >= 0.6 is 0 Å². The predicted molar refractivity (Wildman–Crippen MR) is 106 cm³/mol. The smallest absolute Gasteiger partial charge is 0.355 e. The van der Waals surface area contributed by atoms with Gasteiger partial charge in [-0.15, -0.1) is 0 Å². The van der Waals surface area contributed by atoms with E-state index in [9.17, 15) is 22.8 Å². The Morgan fingerprint density at radius 2 is 2.07 bits per heavy atom. The Balaban J connectivity index is 1.63. The van der Waals surface area contributed by atoms with Crippen molar-refractivity contribution in [1.29, 1.82) is 0 Å². The second-order valence-electron chi connectivity index (χ2n) is 7.25. The van der Waals surface area contributed by atoms with Gasteiger partial charge in [-0.2, -0.15) is 5.10 Å². The van der Waals surface area contributed by atoms with E-state index in [0.29, 0.717) is 5.69 Å². The standard InChI is InChI=1S/C19H23N3O6S/c1-12-4-3-5-14(10-12)20-18(24)13(2)28-19(25)16-6-7-17(23)22(21-16)15-8-9-29(26,27)11-15/h3-5,10,13,15H,6-9,11H2,1-2H3,(H,20,24)/t13-,15-/m1/s1. The molecule has 29 heavy (non-hydrogen) atoms. The first-order chi connectivity index (χ1) is 13.6. The van der Waals surface area contributed by atoms with Gasteiger partial charge in [-0.05, 0) is 38.0 Å². The molecule has 2 aliphatic rings. The summed E-state index contributed by atoms with van der Waals surface area (Å²) in [6.45, 7) is 3.34. The molecule has 0 unspecified atom stereocenters. The Morgan fingerprint density at radius 1 is 1.31 bits per heavy atom. The van der Waals surface area contributed by atoms with E-state index in [-0.39, 0.29) is 42.4 Å². The van der Waals surface area contributed by atoms with Crippen LogP contribution in [0.1, 0.15) is 31.7 Å². The second-order valence-corrected chi connectivity index (χ2v) is 9.48. The minimum absolute atomic E-state index is 0.00380. The van der Waals surface area contributed by atoms with Gasteiger partial charge in [0.1, 0.15) is 5.71 Å². The number of hydrogen-bond donors (Lipinski definition) is 1. The first-order valence-corrected chi connectivity index (χ1v) is 11.2. The number of carbonyl (C=O) groups excluding carboxylic acids is 3. The molecule has 2 aliphatic heterocycles. The van der Waals surface area contributed by atoms with E-state index >= 15 is 0 Å². The molecule has 156 valence electrons. The fourth-order valence-electron chi connectivity index (χ4n) is 3.22. The van der Waals surface area contributed by atoms with Gasteiger partial charge in [0, 0.05) is 18.5 Å². The van der Waals surface area contributed by atoms with Crippen molar-refractivity contribution in [2.45, 2.75) is 45.3 Å². The summed E-state index contributed by atoms with van der Waals surface area (Å²) in [6.07, 6.45) is -0.660. The van der Waals surface area contributed by atoms with Gasteiger partial charge in [0.05, 0.1) is 17.5 Å². The Morgan fingerprint density at radius 3 is 2.72 bits per heavy atom. The number of rotatable bonds is 5. The number of amides is 2. The molecule has 0 aromatic heterocycles. The molecule has 1 aromatic rings. The molecule has 9 nitrogen and oxygen atoms in total. The van der Waals surface area contributed by atoms with Crippen molar-refractivity contribution < 1.29 is 27.5 Å². The van der Waals surface area contributed by atoms with E-state index in [1.165, 1.54) is 6.92 Å². The Labute approximate surface area is 169 Å². The topological polar surface area (TPSA) is 122 Å². The van der Waals surface area contributed by atoms with Crippen molar-refractivity contribution in [3.05, 3.63) is 29.8 Å². The molecule has 1 fully saturated rings. The molecular weight excluding hydrogens is 398 g/mol. The number of hydrogen-bond acceptors (Lipinski definition) is 7. The zero-order valence-corrected chi connectivity index (χ0v) is 17.1. The van der Waals surface area contributed by atoms with Gasteiger partial charge in [-0.25, -0.2) is 18.2 Å². The Bertz CT molecular complexity index is 972. The third-order valence-corrected chi connectivity index (χ3v) is 6.54. The molecule has 1 N–H and O–H groups in total. The average molecular weight is 421 g/mol. The second kappa shape index (κ2) is 8.32. The highest BCUT2D eigenvalue weighted by Crippen LogP contribution is 2.22. The van der Waals surface area contributed by atoms with Crippen LogP contribution in [-0.4, -0.2) is 60.6 Å². The van der Waals surface area contributed by atoms with Crippen LogP contribution in [0.5, 0.6) is 0 Å². The molecule has 3 rings (SSSR count). The average Bonchev–Trinajstić information content (AvgIpc) is 3.01. The molecule has 2 atom stereocenters. The van der Waals surface area contributed by atoms with Crippen molar-refractivity contribution in [2.24, 2.45) is 5.10 Å². The van der Waals surface area contributed by atoms with Gasteiger partial charge in [0.25, 0.3) is 5.91 Å². The van der Waals surface area contributed by atoms with Crippen LogP contribution in [-0.2, 0) is 29.0 Å². The summed E-state index contributed by atoms with van der Waals surface area (Å²) < 4.78 is 28.6. The molecule has 2 amide bonds. The predicted octanol–water partition coefficient (Wildman–Crippen LogP) is 1.03. The maximum atomic E-state index is 12.4. The molecule has 10 heteroatoms. The Kier molecular flexibility index (Phi) is 6.02. The molecule has 1 aromatic carbocycles. The molecule has 2 heterocycles. The van der Waals surface area contributed by atoms with Gasteiger partial charge in [-0.1, -0.05) is 12.1 Å². The molecule has 0 saturated carbocycles. The first-order valence-electron chi connectivity index (χ1n) is 9.33. The molecule has 0 bridgehead atoms. The first kappa shape index (κ1) is 21.0. The zero-order chi connectivity index (χ0) is 21.2. The number of sulfone groups is 1. The van der Waals surface area contributed by atoms with Crippen LogP contribution in [0.15, 0.2) is 29.4 Å². The van der Waals surface area contributed by atoms with E-state index in [4.69, 9.17) is 4.74 Å². The highest BCUT2D eigenvalue weighted by molar-refractivity contribution is 7.91. The minimum Gasteiger partial charge on any atom is -0.448 e. The summed E-state index contributed by atoms with van der Waals surface area (Å²) in [5.74, 6) is -1.79. The quantitative estimate of drug-likeness (QED) is 0.709. The van der Waals surface area contributed by atoms with Crippen LogP contribution in [0.2, 0.25) is 0 Å². The van der Waals surface area contributed by atoms with Crippen molar-refractivity contribution >= 4 is 39.0 Å². The van der Waals surface area contributed by atoms with E-state index in [2.05, 4.69) is 10.4 Å². The van der Waals surface area contributed by atoms with Crippen molar-refractivity contribution in [2.75, 3.05) is 16.8 Å². The third-order valence-electron chi connectivity index (χ3n) is 4.79. The van der Waals surface area contributed by atoms with Crippen LogP contribution in [0.3, 0.4) is 0 Å². The van der Waals surface area contributed by atoms with Crippen molar-refractivity contribution in [1.82, 2.24) is 5.01 Å². The van der Waals surface area contributed by atoms with Crippen molar-refractivity contribution in [3.8, 4) is 0 Å². The number of ether oxygens (including phenoxy) is 1.